The number of rotatable bonds is 48. The summed E-state index contributed by atoms with van der Waals surface area (Å²) in [6, 6.07) is -0.733. The molecule has 0 amide bonds. The molecule has 65 heavy (non-hydrogen) atoms. The molecule has 0 bridgehead atoms. The standard InChI is InChI=1S/C57H101NO7/c1-6-8-10-12-14-16-18-20-22-24-26-27-28-29-30-32-34-36-38-40-42-44-46-48-56(60)65-53(51-63-50-49-54(57(61)62)58(3,4)5)52-64-55(59)47-45-43-41-39-37-35-33-31-25-23-21-19-17-15-13-11-9-7-2/h15,17,19,21,23,25,29-31,33,53-54H,6-14,16,18,20,22,24,26-28,32,34-52H2,1-5H3/b17-15+,21-19+,25-23+,30-29+,33-31+. The maximum absolute atomic E-state index is 12.8. The topological polar surface area (TPSA) is 102 Å². The van der Waals surface area contributed by atoms with E-state index in [-0.39, 0.29) is 42.7 Å². The normalized spacial score (nSPS) is 13.3. The monoisotopic (exact) mass is 912 g/mol. The number of likely N-dealkylation sites (N-methyl/N-ethyl adjacent to an activating group) is 1. The van der Waals surface area contributed by atoms with Crippen LogP contribution in [0.1, 0.15) is 232 Å². The van der Waals surface area contributed by atoms with E-state index >= 15 is 0 Å². The Bertz CT molecular complexity index is 1250. The number of carboxylic acids is 1. The number of nitrogens with zero attached hydrogens (tertiary/aromatic N) is 1. The van der Waals surface area contributed by atoms with Gasteiger partial charge >= 0.3 is 11.9 Å². The number of carbonyl (C=O) groups excluding carboxylic acids is 3. The fourth-order valence-electron chi connectivity index (χ4n) is 7.78. The average molecular weight is 912 g/mol. The Morgan fingerprint density at radius 2 is 0.831 bits per heavy atom. The molecule has 0 aromatic rings. The number of aliphatic carboxylic acids is 1. The molecule has 0 heterocycles. The largest absolute Gasteiger partial charge is 0.544 e. The quantitative estimate of drug-likeness (QED) is 0.0197. The molecule has 0 aromatic heterocycles. The van der Waals surface area contributed by atoms with E-state index in [1.165, 1.54) is 135 Å². The van der Waals surface area contributed by atoms with Gasteiger partial charge in [0.25, 0.3) is 0 Å². The lowest BCUT2D eigenvalue weighted by molar-refractivity contribution is -0.889. The fourth-order valence-corrected chi connectivity index (χ4v) is 7.78. The van der Waals surface area contributed by atoms with Crippen LogP contribution in [0.3, 0.4) is 0 Å². The van der Waals surface area contributed by atoms with Crippen molar-refractivity contribution in [3.05, 3.63) is 60.8 Å². The van der Waals surface area contributed by atoms with E-state index in [2.05, 4.69) is 74.6 Å². The lowest BCUT2D eigenvalue weighted by Crippen LogP contribution is -2.55. The lowest BCUT2D eigenvalue weighted by Gasteiger charge is -2.34. The van der Waals surface area contributed by atoms with E-state index in [0.717, 1.165) is 64.2 Å². The highest BCUT2D eigenvalue weighted by Gasteiger charge is 2.25. The number of carboxylic acid groups (broad SMARTS) is 1. The van der Waals surface area contributed by atoms with Gasteiger partial charge in [0.15, 0.2) is 6.10 Å². The first-order valence-electron chi connectivity index (χ1n) is 26.9. The second-order valence-electron chi connectivity index (χ2n) is 19.2. The second kappa shape index (κ2) is 47.5. The van der Waals surface area contributed by atoms with E-state index in [1.807, 2.05) is 0 Å². The first-order valence-corrected chi connectivity index (χ1v) is 26.9. The molecule has 2 atom stereocenters. The van der Waals surface area contributed by atoms with Crippen LogP contribution in [0.15, 0.2) is 60.8 Å². The maximum atomic E-state index is 12.8. The van der Waals surface area contributed by atoms with Gasteiger partial charge in [-0.05, 0) is 64.2 Å². The van der Waals surface area contributed by atoms with Gasteiger partial charge in [0.2, 0.25) is 0 Å². The van der Waals surface area contributed by atoms with E-state index < -0.39 is 18.1 Å². The summed E-state index contributed by atoms with van der Waals surface area (Å²) in [7, 11) is 5.41. The predicted octanol–water partition coefficient (Wildman–Crippen LogP) is 14.4. The average Bonchev–Trinajstić information content (AvgIpc) is 3.27. The third kappa shape index (κ3) is 46.0. The van der Waals surface area contributed by atoms with Crippen LogP contribution in [-0.2, 0) is 28.6 Å². The Kier molecular flexibility index (Phi) is 45.3. The van der Waals surface area contributed by atoms with Gasteiger partial charge in [-0.1, -0.05) is 209 Å². The Balaban J connectivity index is 4.26. The molecule has 376 valence electrons. The van der Waals surface area contributed by atoms with Gasteiger partial charge in [-0.15, -0.1) is 0 Å². The van der Waals surface area contributed by atoms with Crippen molar-refractivity contribution in [1.82, 2.24) is 0 Å². The lowest BCUT2D eigenvalue weighted by atomic mass is 10.0. The molecule has 0 spiro atoms. The number of hydrogen-bond donors (Lipinski definition) is 0. The van der Waals surface area contributed by atoms with Crippen molar-refractivity contribution in [2.75, 3.05) is 41.0 Å². The molecular formula is C57H101NO7. The highest BCUT2D eigenvalue weighted by molar-refractivity contribution is 5.70. The molecule has 0 aromatic carbocycles. The van der Waals surface area contributed by atoms with Gasteiger partial charge in [0, 0.05) is 19.3 Å². The van der Waals surface area contributed by atoms with Crippen molar-refractivity contribution in [1.29, 1.82) is 0 Å². The van der Waals surface area contributed by atoms with Crippen molar-refractivity contribution < 1.29 is 38.2 Å². The molecule has 0 saturated heterocycles. The van der Waals surface area contributed by atoms with Crippen LogP contribution in [0.2, 0.25) is 0 Å². The zero-order valence-corrected chi connectivity index (χ0v) is 42.9. The smallest absolute Gasteiger partial charge is 0.306 e. The minimum absolute atomic E-state index is 0.0298. The van der Waals surface area contributed by atoms with Crippen LogP contribution in [0.4, 0.5) is 0 Å². The SMILES string of the molecule is CCCCC/C=C/C=C/C=C/C=C/CCCCCCCC(=O)OCC(COCCC(C(=O)[O-])[N+](C)(C)C)OC(=O)CCCCCCCCC/C=C/CCCCCCCCCCCCCC. The molecule has 0 rings (SSSR count). The summed E-state index contributed by atoms with van der Waals surface area (Å²) in [5.74, 6) is -1.77. The van der Waals surface area contributed by atoms with Crippen LogP contribution in [0.5, 0.6) is 0 Å². The van der Waals surface area contributed by atoms with Crippen LogP contribution in [0.25, 0.3) is 0 Å². The summed E-state index contributed by atoms with van der Waals surface area (Å²) in [5.41, 5.74) is 0. The van der Waals surface area contributed by atoms with Gasteiger partial charge in [0.1, 0.15) is 12.6 Å². The van der Waals surface area contributed by atoms with Crippen LogP contribution in [0, 0.1) is 0 Å². The van der Waals surface area contributed by atoms with Gasteiger partial charge < -0.3 is 28.6 Å². The molecule has 8 heteroatoms. The number of unbranched alkanes of at least 4 members (excludes halogenated alkanes) is 27. The summed E-state index contributed by atoms with van der Waals surface area (Å²) in [5, 5.41) is 11.7. The molecule has 0 aliphatic carbocycles. The molecule has 0 aliphatic heterocycles. The summed E-state index contributed by atoms with van der Waals surface area (Å²) < 4.78 is 17.2. The van der Waals surface area contributed by atoms with Gasteiger partial charge in [-0.25, -0.2) is 0 Å². The van der Waals surface area contributed by atoms with Crippen molar-refractivity contribution in [3.63, 3.8) is 0 Å². The number of quaternary nitrogens is 1. The highest BCUT2D eigenvalue weighted by atomic mass is 16.6. The molecule has 0 aliphatic rings. The fraction of sp³-hybridized carbons (Fsp3) is 0.772. The van der Waals surface area contributed by atoms with Crippen LogP contribution in [-0.4, -0.2) is 75.5 Å². The number of allylic oxidation sites excluding steroid dienone is 10. The summed E-state index contributed by atoms with van der Waals surface area (Å²) in [4.78, 5) is 37.1. The Labute approximate surface area is 400 Å². The zero-order chi connectivity index (χ0) is 47.7. The van der Waals surface area contributed by atoms with Gasteiger partial charge in [-0.3, -0.25) is 9.59 Å². The summed E-state index contributed by atoms with van der Waals surface area (Å²) >= 11 is 0. The van der Waals surface area contributed by atoms with Crippen LogP contribution >= 0.6 is 0 Å². The number of esters is 2. The van der Waals surface area contributed by atoms with Crippen molar-refractivity contribution in [2.24, 2.45) is 0 Å². The number of hydrogen-bond acceptors (Lipinski definition) is 7. The zero-order valence-electron chi connectivity index (χ0n) is 42.9. The summed E-state index contributed by atoms with van der Waals surface area (Å²) in [6.07, 6.45) is 59.7. The number of ether oxygens (including phenoxy) is 3. The van der Waals surface area contributed by atoms with E-state index in [1.54, 1.807) is 21.1 Å². The number of carbonyl (C=O) groups is 3. The Morgan fingerprint density at radius 1 is 0.462 bits per heavy atom. The first-order chi connectivity index (χ1) is 31.6. The maximum Gasteiger partial charge on any atom is 0.306 e. The molecule has 2 unspecified atom stereocenters. The van der Waals surface area contributed by atoms with Gasteiger partial charge in [-0.2, -0.15) is 0 Å². The van der Waals surface area contributed by atoms with E-state index in [0.29, 0.717) is 12.8 Å². The molecule has 0 radical (unpaired) electrons. The van der Waals surface area contributed by atoms with Crippen molar-refractivity contribution in [3.8, 4) is 0 Å². The first kappa shape index (κ1) is 62.0. The second-order valence-corrected chi connectivity index (χ2v) is 19.2. The van der Waals surface area contributed by atoms with E-state index in [4.69, 9.17) is 14.2 Å². The van der Waals surface area contributed by atoms with Crippen LogP contribution < -0.4 is 5.11 Å². The Hall–Kier alpha value is -2.97. The Morgan fingerprint density at radius 3 is 1.28 bits per heavy atom. The minimum atomic E-state index is -1.13. The van der Waals surface area contributed by atoms with Crippen molar-refractivity contribution >= 4 is 17.9 Å². The molecule has 0 N–H and O–H groups in total. The molecular weight excluding hydrogens is 811 g/mol. The highest BCUT2D eigenvalue weighted by Crippen LogP contribution is 2.15. The third-order valence-corrected chi connectivity index (χ3v) is 12.0. The van der Waals surface area contributed by atoms with E-state index in [9.17, 15) is 19.5 Å². The third-order valence-electron chi connectivity index (χ3n) is 12.0. The molecule has 8 nitrogen and oxygen atoms in total. The van der Waals surface area contributed by atoms with Gasteiger partial charge in [0.05, 0.1) is 40.3 Å². The minimum Gasteiger partial charge on any atom is -0.544 e. The predicted molar refractivity (Wildman–Crippen MR) is 273 cm³/mol. The van der Waals surface area contributed by atoms with Crippen molar-refractivity contribution in [2.45, 2.75) is 244 Å². The summed E-state index contributed by atoms with van der Waals surface area (Å²) in [6.45, 7) is 4.62. The molecule has 0 saturated carbocycles. The molecule has 0 fully saturated rings.